The number of benzene rings is 3. The van der Waals surface area contributed by atoms with Gasteiger partial charge >= 0.3 is 0 Å². The molecule has 1 saturated heterocycles. The first-order chi connectivity index (χ1) is 15.9. The Morgan fingerprint density at radius 2 is 1.64 bits per heavy atom. The molecule has 1 heterocycles. The minimum absolute atomic E-state index is 0.389. The van der Waals surface area contributed by atoms with Gasteiger partial charge in [0.2, 0.25) is 6.54 Å². The van der Waals surface area contributed by atoms with E-state index < -0.39 is 33.3 Å². The highest BCUT2D eigenvalue weighted by molar-refractivity contribution is 8.16. The van der Waals surface area contributed by atoms with Crippen LogP contribution in [0.3, 0.4) is 0 Å². The lowest BCUT2D eigenvalue weighted by Crippen LogP contribution is -2.44. The summed E-state index contributed by atoms with van der Waals surface area (Å²) in [6, 6.07) is 22.7. The predicted molar refractivity (Wildman–Crippen MR) is 127 cm³/mol. The van der Waals surface area contributed by atoms with E-state index in [2.05, 4.69) is 0 Å². The van der Waals surface area contributed by atoms with Crippen molar-refractivity contribution in [3.8, 4) is 5.75 Å². The van der Waals surface area contributed by atoms with E-state index in [1.165, 1.54) is 7.11 Å². The zero-order chi connectivity index (χ0) is 23.6. The molecule has 4 rings (SSSR count). The molecule has 2 atom stereocenters. The molecule has 0 radical (unpaired) electrons. The van der Waals surface area contributed by atoms with Gasteiger partial charge in [-0.05, 0) is 54.1 Å². The highest BCUT2D eigenvalue weighted by atomic mass is 32.2. The van der Waals surface area contributed by atoms with Crippen molar-refractivity contribution in [3.63, 3.8) is 0 Å². The first-order valence-electron chi connectivity index (χ1n) is 10.3. The number of thioether (sulfide) groups is 1. The number of nitrogens with zero attached hydrogens (tertiary/aromatic N) is 2. The van der Waals surface area contributed by atoms with Gasteiger partial charge in [-0.15, -0.1) is 0 Å². The van der Waals surface area contributed by atoms with Gasteiger partial charge in [0.25, 0.3) is 11.1 Å². The molecule has 168 valence electrons. The van der Waals surface area contributed by atoms with Crippen molar-refractivity contribution in [2.24, 2.45) is 0 Å². The average Bonchev–Trinajstić information content (AvgIpc) is 3.09. The highest BCUT2D eigenvalue weighted by Gasteiger charge is 2.60. The molecule has 2 amide bonds. The zero-order valence-corrected chi connectivity index (χ0v) is 19.0. The van der Waals surface area contributed by atoms with Crippen LogP contribution in [0.15, 0.2) is 78.9 Å². The van der Waals surface area contributed by atoms with E-state index in [1.807, 2.05) is 19.1 Å². The van der Waals surface area contributed by atoms with Gasteiger partial charge in [-0.3, -0.25) is 19.7 Å². The van der Waals surface area contributed by atoms with Gasteiger partial charge < -0.3 is 4.74 Å². The number of ether oxygens (including phenoxy) is 1. The fourth-order valence-electron chi connectivity index (χ4n) is 4.14. The molecular formula is C25H22N2O5S. The van der Waals surface area contributed by atoms with Crippen LogP contribution in [0.2, 0.25) is 0 Å². The third kappa shape index (κ3) is 4.09. The molecule has 0 spiro atoms. The van der Waals surface area contributed by atoms with E-state index in [4.69, 9.17) is 4.74 Å². The molecule has 1 fully saturated rings. The Labute approximate surface area is 195 Å². The molecule has 1 aliphatic heterocycles. The van der Waals surface area contributed by atoms with E-state index in [0.717, 1.165) is 22.2 Å². The van der Waals surface area contributed by atoms with Crippen molar-refractivity contribution in [2.45, 2.75) is 17.6 Å². The van der Waals surface area contributed by atoms with Crippen molar-refractivity contribution < 1.29 is 19.2 Å². The number of aryl methyl sites for hydroxylation is 1. The van der Waals surface area contributed by atoms with Crippen LogP contribution in [0.5, 0.6) is 5.75 Å². The summed E-state index contributed by atoms with van der Waals surface area (Å²) in [6.07, 6.45) is 0. The maximum atomic E-state index is 14.1. The van der Waals surface area contributed by atoms with Crippen LogP contribution in [0.1, 0.15) is 22.6 Å². The lowest BCUT2D eigenvalue weighted by Gasteiger charge is -2.33. The molecule has 7 nitrogen and oxygen atoms in total. The van der Waals surface area contributed by atoms with Crippen LogP contribution in [0, 0.1) is 17.0 Å². The van der Waals surface area contributed by atoms with Crippen molar-refractivity contribution in [2.75, 3.05) is 18.6 Å². The predicted octanol–water partition coefficient (Wildman–Crippen LogP) is 5.16. The molecular weight excluding hydrogens is 440 g/mol. The lowest BCUT2D eigenvalue weighted by molar-refractivity contribution is -0.484. The number of nitro groups is 1. The van der Waals surface area contributed by atoms with E-state index in [-0.39, 0.29) is 0 Å². The average molecular weight is 463 g/mol. The van der Waals surface area contributed by atoms with Gasteiger partial charge in [0.1, 0.15) is 10.5 Å². The Kier molecular flexibility index (Phi) is 6.20. The van der Waals surface area contributed by atoms with Crippen molar-refractivity contribution in [1.29, 1.82) is 0 Å². The lowest BCUT2D eigenvalue weighted by atomic mass is 9.79. The van der Waals surface area contributed by atoms with Crippen LogP contribution in [0.25, 0.3) is 0 Å². The summed E-state index contributed by atoms with van der Waals surface area (Å²) in [5.41, 5.74) is 2.57. The van der Waals surface area contributed by atoms with Crippen molar-refractivity contribution in [1.82, 2.24) is 0 Å². The second-order valence-corrected chi connectivity index (χ2v) is 8.98. The second kappa shape index (κ2) is 9.07. The summed E-state index contributed by atoms with van der Waals surface area (Å²) in [5.74, 6) is -0.771. The summed E-state index contributed by atoms with van der Waals surface area (Å²) in [6.45, 7) is 1.42. The number of carbonyl (C=O) groups excluding carboxylic acids is 2. The zero-order valence-electron chi connectivity index (χ0n) is 18.1. The Morgan fingerprint density at radius 3 is 2.21 bits per heavy atom. The fourth-order valence-corrected chi connectivity index (χ4v) is 5.48. The highest BCUT2D eigenvalue weighted by Crippen LogP contribution is 2.55. The maximum absolute atomic E-state index is 14.1. The van der Waals surface area contributed by atoms with Crippen LogP contribution in [-0.4, -0.2) is 29.7 Å². The van der Waals surface area contributed by atoms with Crippen LogP contribution in [-0.2, 0) is 9.54 Å². The summed E-state index contributed by atoms with van der Waals surface area (Å²) in [4.78, 5) is 39.8. The number of methoxy groups -OCH3 is 1. The Bertz CT molecular complexity index is 1180. The van der Waals surface area contributed by atoms with Crippen LogP contribution >= 0.6 is 11.8 Å². The number of hydrogen-bond donors (Lipinski definition) is 0. The Hall–Kier alpha value is -3.65. The summed E-state index contributed by atoms with van der Waals surface area (Å²) >= 11 is 0.838. The van der Waals surface area contributed by atoms with Crippen LogP contribution < -0.4 is 9.64 Å². The van der Waals surface area contributed by atoms with E-state index >= 15 is 0 Å². The number of hydrogen-bond acceptors (Lipinski definition) is 6. The fraction of sp³-hybridized carbons (Fsp3) is 0.200. The van der Waals surface area contributed by atoms with Gasteiger partial charge in [-0.1, -0.05) is 60.2 Å². The minimum Gasteiger partial charge on any atom is -0.497 e. The normalized spacial score (nSPS) is 18.9. The van der Waals surface area contributed by atoms with Crippen LogP contribution in [0.4, 0.5) is 10.5 Å². The summed E-state index contributed by atoms with van der Waals surface area (Å²) < 4.78 is 3.69. The number of carbonyl (C=O) groups is 2. The smallest absolute Gasteiger partial charge is 0.294 e. The molecule has 3 aromatic rings. The molecule has 0 aromatic heterocycles. The number of rotatable bonds is 7. The number of imide groups is 1. The third-order valence-corrected chi connectivity index (χ3v) is 7.16. The Morgan fingerprint density at radius 1 is 1.00 bits per heavy atom. The van der Waals surface area contributed by atoms with E-state index in [0.29, 0.717) is 22.6 Å². The number of amides is 2. The molecule has 0 N–H and O–H groups in total. The summed E-state index contributed by atoms with van der Waals surface area (Å²) in [7, 11) is 1.53. The monoisotopic (exact) mass is 462 g/mol. The van der Waals surface area contributed by atoms with Crippen molar-refractivity contribution >= 4 is 28.6 Å². The minimum atomic E-state index is -1.49. The largest absolute Gasteiger partial charge is 0.497 e. The molecule has 0 saturated carbocycles. The van der Waals surface area contributed by atoms with Gasteiger partial charge in [0, 0.05) is 4.92 Å². The van der Waals surface area contributed by atoms with E-state index in [1.54, 1.807) is 66.7 Å². The SMILES string of the molecule is COc1ccc(N2C(=O)S[C@](c3ccccc3)([C@H](C[N+](=O)[O-])c3ccc(C)cc3)C2=O)cc1. The third-order valence-electron chi connectivity index (χ3n) is 5.79. The molecule has 1 aliphatic rings. The molecule has 8 heteroatoms. The molecule has 0 unspecified atom stereocenters. The van der Waals surface area contributed by atoms with Gasteiger partial charge in [0.15, 0.2) is 0 Å². The number of anilines is 1. The molecule has 0 bridgehead atoms. The summed E-state index contributed by atoms with van der Waals surface area (Å²) in [5, 5.41) is 11.3. The standard InChI is InChI=1S/C25H22N2O5S/c1-17-8-10-18(11-9-17)22(16-26(30)31)25(19-6-4-3-5-7-19)23(28)27(24(29)33-25)20-12-14-21(32-2)15-13-20/h3-15,22H,16H2,1-2H3/t22-,25-/m1/s1. The van der Waals surface area contributed by atoms with Gasteiger partial charge in [-0.2, -0.15) is 0 Å². The molecule has 0 aliphatic carbocycles. The van der Waals surface area contributed by atoms with E-state index in [9.17, 15) is 19.7 Å². The van der Waals surface area contributed by atoms with Crippen molar-refractivity contribution in [3.05, 3.63) is 106 Å². The van der Waals surface area contributed by atoms with Gasteiger partial charge in [-0.25, -0.2) is 4.90 Å². The first kappa shape index (κ1) is 22.5. The Balaban J connectivity index is 1.90. The van der Waals surface area contributed by atoms with Gasteiger partial charge in [0.05, 0.1) is 18.7 Å². The maximum Gasteiger partial charge on any atom is 0.294 e. The first-order valence-corrected chi connectivity index (χ1v) is 11.1. The second-order valence-electron chi connectivity index (χ2n) is 7.79. The molecule has 33 heavy (non-hydrogen) atoms. The molecule has 3 aromatic carbocycles. The quantitative estimate of drug-likeness (QED) is 0.356. The topological polar surface area (TPSA) is 89.8 Å².